The summed E-state index contributed by atoms with van der Waals surface area (Å²) >= 11 is 0. The van der Waals surface area contributed by atoms with E-state index in [2.05, 4.69) is 0 Å². The summed E-state index contributed by atoms with van der Waals surface area (Å²) in [5, 5.41) is 10.1. The van der Waals surface area contributed by atoms with E-state index in [0.717, 1.165) is 17.2 Å². The summed E-state index contributed by atoms with van der Waals surface area (Å²) in [6.45, 7) is 1.95. The Morgan fingerprint density at radius 2 is 2.25 bits per heavy atom. The highest BCUT2D eigenvalue weighted by Crippen LogP contribution is 2.04. The Labute approximate surface area is 71.2 Å². The van der Waals surface area contributed by atoms with Crippen LogP contribution < -0.4 is 5.11 Å². The maximum atomic E-state index is 10.1. The maximum Gasteiger partial charge on any atom is 0.0643 e. The lowest BCUT2D eigenvalue weighted by atomic mass is 10.1. The molecule has 0 saturated heterocycles. The van der Waals surface area contributed by atoms with Gasteiger partial charge in [0.15, 0.2) is 0 Å². The number of carboxylic acids is 1. The predicted molar refractivity (Wildman–Crippen MR) is 45.2 cm³/mol. The average molecular weight is 161 g/mol. The Hall–Kier alpha value is -1.57. The van der Waals surface area contributed by atoms with Gasteiger partial charge < -0.3 is 9.90 Å². The van der Waals surface area contributed by atoms with Gasteiger partial charge in [-0.2, -0.15) is 0 Å². The summed E-state index contributed by atoms with van der Waals surface area (Å²) in [6, 6.07) is 7.58. The Morgan fingerprint density at radius 3 is 2.83 bits per heavy atom. The van der Waals surface area contributed by atoms with Crippen molar-refractivity contribution in [2.75, 3.05) is 0 Å². The first-order chi connectivity index (χ1) is 5.68. The third-order valence-electron chi connectivity index (χ3n) is 1.45. The summed E-state index contributed by atoms with van der Waals surface area (Å²) in [6.07, 6.45) is 2.54. The summed E-state index contributed by atoms with van der Waals surface area (Å²) in [5.41, 5.74) is 1.98. The van der Waals surface area contributed by atoms with Crippen molar-refractivity contribution in [2.24, 2.45) is 0 Å². The third-order valence-corrected chi connectivity index (χ3v) is 1.45. The van der Waals surface area contributed by atoms with Crippen LogP contribution in [-0.2, 0) is 4.79 Å². The molecule has 0 atom stereocenters. The Bertz CT molecular complexity index is 313. The molecule has 0 amide bonds. The minimum absolute atomic E-state index is 0.874. The van der Waals surface area contributed by atoms with Gasteiger partial charge in [0, 0.05) is 0 Å². The number of aryl methyl sites for hydroxylation is 1. The summed E-state index contributed by atoms with van der Waals surface area (Å²) < 4.78 is 0. The molecule has 0 radical (unpaired) electrons. The largest absolute Gasteiger partial charge is 0.545 e. The zero-order valence-electron chi connectivity index (χ0n) is 6.78. The van der Waals surface area contributed by atoms with Crippen molar-refractivity contribution in [2.45, 2.75) is 6.92 Å². The Kier molecular flexibility index (Phi) is 2.64. The van der Waals surface area contributed by atoms with Gasteiger partial charge >= 0.3 is 0 Å². The van der Waals surface area contributed by atoms with Crippen LogP contribution in [0.15, 0.2) is 30.3 Å². The minimum Gasteiger partial charge on any atom is -0.545 e. The van der Waals surface area contributed by atoms with Crippen molar-refractivity contribution in [1.82, 2.24) is 0 Å². The smallest absolute Gasteiger partial charge is 0.0643 e. The number of rotatable bonds is 2. The van der Waals surface area contributed by atoms with Crippen molar-refractivity contribution < 1.29 is 9.90 Å². The number of hydrogen-bond donors (Lipinski definition) is 0. The monoisotopic (exact) mass is 161 g/mol. The van der Waals surface area contributed by atoms with Gasteiger partial charge in [0.2, 0.25) is 0 Å². The van der Waals surface area contributed by atoms with E-state index in [9.17, 15) is 9.90 Å². The molecule has 0 aromatic heterocycles. The molecular weight excluding hydrogens is 152 g/mol. The second-order valence-electron chi connectivity index (χ2n) is 2.57. The molecule has 1 aromatic carbocycles. The summed E-state index contributed by atoms with van der Waals surface area (Å²) in [7, 11) is 0. The van der Waals surface area contributed by atoms with Gasteiger partial charge in [0.05, 0.1) is 5.97 Å². The van der Waals surface area contributed by atoms with Gasteiger partial charge in [-0.3, -0.25) is 0 Å². The van der Waals surface area contributed by atoms with E-state index in [1.165, 1.54) is 6.08 Å². The van der Waals surface area contributed by atoms with Crippen LogP contribution >= 0.6 is 0 Å². The van der Waals surface area contributed by atoms with Crippen LogP contribution in [0.1, 0.15) is 11.1 Å². The molecule has 0 aliphatic rings. The molecule has 0 aliphatic heterocycles. The molecular formula is C10H9O2-. The van der Waals surface area contributed by atoms with Crippen LogP contribution in [0.5, 0.6) is 0 Å². The third kappa shape index (κ3) is 2.58. The molecule has 2 heteroatoms. The standard InChI is InChI=1S/C10H10O2/c1-8-3-2-4-9(7-8)5-6-10(11)12/h2-7H,1H3,(H,11,12)/p-1/b6-5-. The molecule has 0 spiro atoms. The summed E-state index contributed by atoms with van der Waals surface area (Å²) in [5.74, 6) is -1.17. The second kappa shape index (κ2) is 3.72. The van der Waals surface area contributed by atoms with Crippen LogP contribution in [0.25, 0.3) is 6.08 Å². The zero-order chi connectivity index (χ0) is 8.97. The topological polar surface area (TPSA) is 40.1 Å². The van der Waals surface area contributed by atoms with Gasteiger partial charge in [-0.1, -0.05) is 35.9 Å². The Balaban J connectivity index is 2.83. The fourth-order valence-corrected chi connectivity index (χ4v) is 0.938. The molecule has 0 N–H and O–H groups in total. The van der Waals surface area contributed by atoms with E-state index in [-0.39, 0.29) is 0 Å². The highest BCUT2D eigenvalue weighted by atomic mass is 16.4. The van der Waals surface area contributed by atoms with Gasteiger partial charge in [-0.15, -0.1) is 0 Å². The van der Waals surface area contributed by atoms with Gasteiger partial charge in [-0.05, 0) is 18.6 Å². The van der Waals surface area contributed by atoms with Crippen LogP contribution in [0.2, 0.25) is 0 Å². The number of benzene rings is 1. The number of hydrogen-bond acceptors (Lipinski definition) is 2. The fourth-order valence-electron chi connectivity index (χ4n) is 0.938. The van der Waals surface area contributed by atoms with E-state index in [0.29, 0.717) is 0 Å². The fraction of sp³-hybridized carbons (Fsp3) is 0.100. The highest BCUT2D eigenvalue weighted by Gasteiger charge is 1.85. The first-order valence-electron chi connectivity index (χ1n) is 3.64. The number of aliphatic carboxylic acids is 1. The lowest BCUT2D eigenvalue weighted by molar-refractivity contribution is -0.297. The molecule has 0 fully saturated rings. The molecule has 0 heterocycles. The van der Waals surface area contributed by atoms with E-state index >= 15 is 0 Å². The highest BCUT2D eigenvalue weighted by molar-refractivity contribution is 5.83. The molecule has 0 bridgehead atoms. The molecule has 62 valence electrons. The lowest BCUT2D eigenvalue weighted by Crippen LogP contribution is -2.18. The SMILES string of the molecule is Cc1cccc(/C=C\C(=O)[O-])c1. The van der Waals surface area contributed by atoms with E-state index < -0.39 is 5.97 Å². The molecule has 2 nitrogen and oxygen atoms in total. The minimum atomic E-state index is -1.17. The quantitative estimate of drug-likeness (QED) is 0.601. The molecule has 12 heavy (non-hydrogen) atoms. The van der Waals surface area contributed by atoms with Gasteiger partial charge in [0.25, 0.3) is 0 Å². The van der Waals surface area contributed by atoms with Gasteiger partial charge in [0.1, 0.15) is 0 Å². The van der Waals surface area contributed by atoms with Crippen LogP contribution in [0.4, 0.5) is 0 Å². The van der Waals surface area contributed by atoms with Crippen LogP contribution in [0.3, 0.4) is 0 Å². The van der Waals surface area contributed by atoms with Crippen molar-refractivity contribution >= 4 is 12.0 Å². The zero-order valence-corrected chi connectivity index (χ0v) is 6.78. The molecule has 0 saturated carbocycles. The van der Waals surface area contributed by atoms with Crippen molar-refractivity contribution in [3.8, 4) is 0 Å². The number of carbonyl (C=O) groups is 1. The molecule has 0 aliphatic carbocycles. The first-order valence-corrected chi connectivity index (χ1v) is 3.64. The predicted octanol–water partition coefficient (Wildman–Crippen LogP) is 0.758. The number of carbonyl (C=O) groups excluding carboxylic acids is 1. The van der Waals surface area contributed by atoms with E-state index in [1.807, 2.05) is 31.2 Å². The lowest BCUT2D eigenvalue weighted by Gasteiger charge is -1.95. The first kappa shape index (κ1) is 8.53. The van der Waals surface area contributed by atoms with Crippen molar-refractivity contribution in [3.63, 3.8) is 0 Å². The molecule has 0 unspecified atom stereocenters. The van der Waals surface area contributed by atoms with Crippen LogP contribution in [-0.4, -0.2) is 5.97 Å². The average Bonchev–Trinajstić information content (AvgIpc) is 2.01. The van der Waals surface area contributed by atoms with Gasteiger partial charge in [-0.25, -0.2) is 0 Å². The van der Waals surface area contributed by atoms with Crippen molar-refractivity contribution in [1.29, 1.82) is 0 Å². The van der Waals surface area contributed by atoms with E-state index in [4.69, 9.17) is 0 Å². The Morgan fingerprint density at radius 1 is 1.50 bits per heavy atom. The summed E-state index contributed by atoms with van der Waals surface area (Å²) in [4.78, 5) is 10.1. The second-order valence-corrected chi connectivity index (χ2v) is 2.57. The van der Waals surface area contributed by atoms with Crippen LogP contribution in [0, 0.1) is 6.92 Å². The maximum absolute atomic E-state index is 10.1. The van der Waals surface area contributed by atoms with Crippen molar-refractivity contribution in [3.05, 3.63) is 41.5 Å². The normalized spacial score (nSPS) is 10.4. The molecule has 1 rings (SSSR count). The number of carboxylic acid groups (broad SMARTS) is 1. The molecule has 1 aromatic rings. The van der Waals surface area contributed by atoms with E-state index in [1.54, 1.807) is 0 Å².